The van der Waals surface area contributed by atoms with Crippen molar-refractivity contribution in [2.24, 2.45) is 5.92 Å². The highest BCUT2D eigenvalue weighted by Crippen LogP contribution is 2.12. The lowest BCUT2D eigenvalue weighted by Gasteiger charge is -2.04. The van der Waals surface area contributed by atoms with Crippen LogP contribution in [0.25, 0.3) is 6.08 Å². The predicted molar refractivity (Wildman–Crippen MR) is 60.0 cm³/mol. The van der Waals surface area contributed by atoms with Crippen molar-refractivity contribution in [3.8, 4) is 0 Å². The molecular weight excluding hydrogens is 172 g/mol. The molecule has 0 N–H and O–H groups in total. The second-order valence-electron chi connectivity index (χ2n) is 3.70. The number of aryl methyl sites for hydroxylation is 2. The maximum atomic E-state index is 4.18. The molecule has 1 unspecified atom stereocenters. The van der Waals surface area contributed by atoms with E-state index in [1.165, 1.54) is 6.42 Å². The van der Waals surface area contributed by atoms with E-state index < -0.39 is 0 Å². The van der Waals surface area contributed by atoms with Gasteiger partial charge in [-0.25, -0.2) is 9.97 Å². The Morgan fingerprint density at radius 1 is 1.29 bits per heavy atom. The van der Waals surface area contributed by atoms with Crippen LogP contribution in [0, 0.1) is 19.8 Å². The van der Waals surface area contributed by atoms with Gasteiger partial charge >= 0.3 is 0 Å². The summed E-state index contributed by atoms with van der Waals surface area (Å²) >= 11 is 0. The van der Waals surface area contributed by atoms with Crippen LogP contribution < -0.4 is 0 Å². The van der Waals surface area contributed by atoms with Crippen molar-refractivity contribution in [2.75, 3.05) is 0 Å². The molecule has 1 atom stereocenters. The molecule has 1 aromatic rings. The minimum Gasteiger partial charge on any atom is -0.241 e. The SMILES string of the molecule is CCC(C)/C=C\c1c(C)ncnc1C. The van der Waals surface area contributed by atoms with E-state index in [-0.39, 0.29) is 0 Å². The molecule has 2 nitrogen and oxygen atoms in total. The van der Waals surface area contributed by atoms with Crippen molar-refractivity contribution >= 4 is 6.08 Å². The van der Waals surface area contributed by atoms with Crippen LogP contribution in [0.4, 0.5) is 0 Å². The standard InChI is InChI=1S/C12H18N2/c1-5-9(2)6-7-12-10(3)13-8-14-11(12)4/h6-9H,5H2,1-4H3/b7-6-. The van der Waals surface area contributed by atoms with Crippen LogP contribution in [0.5, 0.6) is 0 Å². The van der Waals surface area contributed by atoms with Crippen molar-refractivity contribution in [1.82, 2.24) is 9.97 Å². The summed E-state index contributed by atoms with van der Waals surface area (Å²) < 4.78 is 0. The van der Waals surface area contributed by atoms with Gasteiger partial charge < -0.3 is 0 Å². The maximum Gasteiger partial charge on any atom is 0.115 e. The van der Waals surface area contributed by atoms with E-state index in [4.69, 9.17) is 0 Å². The maximum absolute atomic E-state index is 4.18. The van der Waals surface area contributed by atoms with Gasteiger partial charge in [0.2, 0.25) is 0 Å². The largest absolute Gasteiger partial charge is 0.241 e. The Hall–Kier alpha value is -1.18. The molecule has 14 heavy (non-hydrogen) atoms. The number of rotatable bonds is 3. The van der Waals surface area contributed by atoms with E-state index in [0.29, 0.717) is 5.92 Å². The number of hydrogen-bond donors (Lipinski definition) is 0. The third-order valence-corrected chi connectivity index (χ3v) is 2.52. The molecule has 0 aliphatic carbocycles. The van der Waals surface area contributed by atoms with Crippen LogP contribution in [0.3, 0.4) is 0 Å². The van der Waals surface area contributed by atoms with Crippen molar-refractivity contribution in [3.05, 3.63) is 29.4 Å². The lowest BCUT2D eigenvalue weighted by Crippen LogP contribution is -1.94. The topological polar surface area (TPSA) is 25.8 Å². The molecule has 0 bridgehead atoms. The summed E-state index contributed by atoms with van der Waals surface area (Å²) in [6.07, 6.45) is 7.14. The molecule has 0 fully saturated rings. The predicted octanol–water partition coefficient (Wildman–Crippen LogP) is 3.15. The van der Waals surface area contributed by atoms with Gasteiger partial charge in [0.1, 0.15) is 6.33 Å². The smallest absolute Gasteiger partial charge is 0.115 e. The second-order valence-corrected chi connectivity index (χ2v) is 3.70. The van der Waals surface area contributed by atoms with E-state index in [1.807, 2.05) is 13.8 Å². The van der Waals surface area contributed by atoms with Crippen molar-refractivity contribution < 1.29 is 0 Å². The summed E-state index contributed by atoms with van der Waals surface area (Å²) in [7, 11) is 0. The minimum absolute atomic E-state index is 0.619. The van der Waals surface area contributed by atoms with Gasteiger partial charge in [0.15, 0.2) is 0 Å². The molecule has 0 radical (unpaired) electrons. The first-order valence-electron chi connectivity index (χ1n) is 5.11. The zero-order valence-electron chi connectivity index (χ0n) is 9.41. The normalized spacial score (nSPS) is 13.4. The highest BCUT2D eigenvalue weighted by atomic mass is 14.8. The molecule has 0 aromatic carbocycles. The van der Waals surface area contributed by atoms with Gasteiger partial charge in [-0.2, -0.15) is 0 Å². The fourth-order valence-corrected chi connectivity index (χ4v) is 1.24. The first-order valence-corrected chi connectivity index (χ1v) is 5.11. The Morgan fingerprint density at radius 3 is 2.36 bits per heavy atom. The summed E-state index contributed by atoms with van der Waals surface area (Å²) in [5, 5.41) is 0. The summed E-state index contributed by atoms with van der Waals surface area (Å²) in [6.45, 7) is 8.44. The lowest BCUT2D eigenvalue weighted by atomic mass is 10.1. The quantitative estimate of drug-likeness (QED) is 0.731. The number of hydrogen-bond acceptors (Lipinski definition) is 2. The molecule has 0 saturated heterocycles. The zero-order chi connectivity index (χ0) is 10.6. The van der Waals surface area contributed by atoms with E-state index >= 15 is 0 Å². The van der Waals surface area contributed by atoms with Crippen LogP contribution in [0.2, 0.25) is 0 Å². The Kier molecular flexibility index (Phi) is 3.81. The molecule has 0 saturated carbocycles. The first-order chi connectivity index (χ1) is 6.65. The number of nitrogens with zero attached hydrogens (tertiary/aromatic N) is 2. The number of aromatic nitrogens is 2. The van der Waals surface area contributed by atoms with Gasteiger partial charge in [0.05, 0.1) is 0 Å². The molecule has 76 valence electrons. The molecule has 1 heterocycles. The van der Waals surface area contributed by atoms with E-state index in [2.05, 4.69) is 36.0 Å². The third-order valence-electron chi connectivity index (χ3n) is 2.52. The lowest BCUT2D eigenvalue weighted by molar-refractivity contribution is 0.701. The highest BCUT2D eigenvalue weighted by molar-refractivity contribution is 5.53. The molecule has 0 aliphatic heterocycles. The van der Waals surface area contributed by atoms with E-state index in [0.717, 1.165) is 17.0 Å². The second kappa shape index (κ2) is 4.89. The van der Waals surface area contributed by atoms with Crippen LogP contribution >= 0.6 is 0 Å². The average Bonchev–Trinajstić information content (AvgIpc) is 2.16. The number of allylic oxidation sites excluding steroid dienone is 1. The molecule has 0 aliphatic rings. The average molecular weight is 190 g/mol. The monoisotopic (exact) mass is 190 g/mol. The fourth-order valence-electron chi connectivity index (χ4n) is 1.24. The Labute approximate surface area is 86.1 Å². The van der Waals surface area contributed by atoms with Gasteiger partial charge in [0.25, 0.3) is 0 Å². The molecule has 2 heteroatoms. The van der Waals surface area contributed by atoms with Gasteiger partial charge in [-0.15, -0.1) is 0 Å². The first kappa shape index (κ1) is 10.9. The van der Waals surface area contributed by atoms with Gasteiger partial charge in [-0.1, -0.05) is 32.4 Å². The summed E-state index contributed by atoms with van der Waals surface area (Å²) in [6, 6.07) is 0. The fraction of sp³-hybridized carbons (Fsp3) is 0.500. The van der Waals surface area contributed by atoms with Crippen LogP contribution in [-0.4, -0.2) is 9.97 Å². The minimum atomic E-state index is 0.619. The molecule has 0 spiro atoms. The van der Waals surface area contributed by atoms with Gasteiger partial charge in [-0.3, -0.25) is 0 Å². The summed E-state index contributed by atoms with van der Waals surface area (Å²) in [4.78, 5) is 8.36. The van der Waals surface area contributed by atoms with Crippen molar-refractivity contribution in [1.29, 1.82) is 0 Å². The molecule has 1 rings (SSSR count). The van der Waals surface area contributed by atoms with Crippen molar-refractivity contribution in [3.63, 3.8) is 0 Å². The van der Waals surface area contributed by atoms with E-state index in [1.54, 1.807) is 6.33 Å². The van der Waals surface area contributed by atoms with E-state index in [9.17, 15) is 0 Å². The third kappa shape index (κ3) is 2.66. The molecular formula is C12H18N2. The van der Waals surface area contributed by atoms with Gasteiger partial charge in [-0.05, 0) is 19.8 Å². The Morgan fingerprint density at radius 2 is 1.86 bits per heavy atom. The van der Waals surface area contributed by atoms with Crippen molar-refractivity contribution in [2.45, 2.75) is 34.1 Å². The van der Waals surface area contributed by atoms with Crippen LogP contribution in [0.15, 0.2) is 12.4 Å². The Balaban J connectivity index is 2.91. The van der Waals surface area contributed by atoms with Gasteiger partial charge in [0, 0.05) is 17.0 Å². The highest BCUT2D eigenvalue weighted by Gasteiger charge is 2.00. The van der Waals surface area contributed by atoms with Crippen LogP contribution in [-0.2, 0) is 0 Å². The summed E-state index contributed by atoms with van der Waals surface area (Å²) in [5.41, 5.74) is 3.27. The molecule has 0 amide bonds. The molecule has 1 aromatic heterocycles. The Bertz CT molecular complexity index is 309. The zero-order valence-corrected chi connectivity index (χ0v) is 9.41. The van der Waals surface area contributed by atoms with Crippen LogP contribution in [0.1, 0.15) is 37.2 Å². The summed E-state index contributed by atoms with van der Waals surface area (Å²) in [5.74, 6) is 0.619.